The summed E-state index contributed by atoms with van der Waals surface area (Å²) in [6, 6.07) is 4.95. The molecule has 0 aromatic carbocycles. The summed E-state index contributed by atoms with van der Waals surface area (Å²) in [5.74, 6) is -1.13. The summed E-state index contributed by atoms with van der Waals surface area (Å²) in [5, 5.41) is 0. The number of pyridine rings is 1. The second-order valence-corrected chi connectivity index (χ2v) is 6.39. The van der Waals surface area contributed by atoms with Crippen LogP contribution in [-0.4, -0.2) is 32.9 Å². The molecule has 1 N–H and O–H groups in total. The first-order valence-electron chi connectivity index (χ1n) is 8.84. The zero-order valence-electron chi connectivity index (χ0n) is 16.2. The second kappa shape index (κ2) is 7.67. The molecule has 0 atom stereocenters. The maximum atomic E-state index is 12.6. The Bertz CT molecular complexity index is 1130. The molecule has 0 bridgehead atoms. The van der Waals surface area contributed by atoms with E-state index in [0.717, 1.165) is 5.56 Å². The number of rotatable bonds is 5. The van der Waals surface area contributed by atoms with Gasteiger partial charge in [-0.3, -0.25) is 9.20 Å². The highest BCUT2D eigenvalue weighted by Gasteiger charge is 2.24. The summed E-state index contributed by atoms with van der Waals surface area (Å²) in [6.45, 7) is 6.96. The standard InChI is InChI=1S/C20H21N3O5/c1-5-27-20(26)17-12(3)16(13(4)21-17)19(25)28-10-14-9-15(24)23-8-6-7-11(2)18(23)22-14/h6-9,21H,5,10H2,1-4H3. The van der Waals surface area contributed by atoms with E-state index in [-0.39, 0.29) is 30.0 Å². The third-order valence-electron chi connectivity index (χ3n) is 4.41. The summed E-state index contributed by atoms with van der Waals surface area (Å²) >= 11 is 0. The van der Waals surface area contributed by atoms with Crippen molar-refractivity contribution in [3.05, 3.63) is 68.5 Å². The number of nitrogens with one attached hydrogen (secondary N) is 1. The number of aromatic nitrogens is 3. The lowest BCUT2D eigenvalue weighted by Crippen LogP contribution is -2.17. The van der Waals surface area contributed by atoms with Crippen molar-refractivity contribution in [2.24, 2.45) is 0 Å². The molecule has 0 spiro atoms. The lowest BCUT2D eigenvalue weighted by atomic mass is 10.1. The van der Waals surface area contributed by atoms with Crippen LogP contribution in [0.5, 0.6) is 0 Å². The Hall–Kier alpha value is -3.42. The maximum Gasteiger partial charge on any atom is 0.355 e. The molecular formula is C20H21N3O5. The molecule has 3 rings (SSSR count). The number of fused-ring (bicyclic) bond motifs is 1. The first kappa shape index (κ1) is 19.3. The van der Waals surface area contributed by atoms with Gasteiger partial charge in [-0.15, -0.1) is 0 Å². The number of hydrogen-bond acceptors (Lipinski definition) is 6. The van der Waals surface area contributed by atoms with Crippen molar-refractivity contribution in [2.45, 2.75) is 34.3 Å². The molecule has 3 aromatic heterocycles. The van der Waals surface area contributed by atoms with Crippen LogP contribution >= 0.6 is 0 Å². The first-order valence-corrected chi connectivity index (χ1v) is 8.84. The average Bonchev–Trinajstić information content (AvgIpc) is 2.95. The van der Waals surface area contributed by atoms with Crippen LogP contribution in [0.25, 0.3) is 5.65 Å². The van der Waals surface area contributed by atoms with Crippen molar-refractivity contribution >= 4 is 17.6 Å². The number of carbonyl (C=O) groups excluding carboxylic acids is 2. The zero-order valence-corrected chi connectivity index (χ0v) is 16.2. The van der Waals surface area contributed by atoms with Crippen molar-refractivity contribution in [2.75, 3.05) is 6.61 Å². The monoisotopic (exact) mass is 383 g/mol. The predicted octanol–water partition coefficient (Wildman–Crippen LogP) is 2.48. The van der Waals surface area contributed by atoms with Crippen LogP contribution in [0.4, 0.5) is 0 Å². The van der Waals surface area contributed by atoms with E-state index in [9.17, 15) is 14.4 Å². The molecule has 0 aliphatic rings. The van der Waals surface area contributed by atoms with Gasteiger partial charge in [0, 0.05) is 18.0 Å². The van der Waals surface area contributed by atoms with Gasteiger partial charge >= 0.3 is 11.9 Å². The van der Waals surface area contributed by atoms with Crippen LogP contribution in [0, 0.1) is 20.8 Å². The number of aromatic amines is 1. The van der Waals surface area contributed by atoms with Crippen LogP contribution < -0.4 is 5.56 Å². The number of H-pyrrole nitrogens is 1. The van der Waals surface area contributed by atoms with E-state index in [0.29, 0.717) is 22.6 Å². The quantitative estimate of drug-likeness (QED) is 0.679. The second-order valence-electron chi connectivity index (χ2n) is 6.39. The van der Waals surface area contributed by atoms with Crippen LogP contribution in [0.3, 0.4) is 0 Å². The summed E-state index contributed by atoms with van der Waals surface area (Å²) in [5.41, 5.74) is 2.92. The smallest absolute Gasteiger partial charge is 0.355 e. The molecule has 0 amide bonds. The number of esters is 2. The number of nitrogens with zero attached hydrogens (tertiary/aromatic N) is 2. The molecule has 0 saturated carbocycles. The molecule has 0 aliphatic carbocycles. The number of carbonyl (C=O) groups is 2. The lowest BCUT2D eigenvalue weighted by molar-refractivity contribution is 0.0466. The van der Waals surface area contributed by atoms with E-state index in [2.05, 4.69) is 9.97 Å². The Labute approximate surface area is 161 Å². The van der Waals surface area contributed by atoms with Gasteiger partial charge in [0.05, 0.1) is 17.9 Å². The highest BCUT2D eigenvalue weighted by Crippen LogP contribution is 2.20. The van der Waals surface area contributed by atoms with Gasteiger partial charge in [0.1, 0.15) is 17.9 Å². The normalized spacial score (nSPS) is 10.9. The van der Waals surface area contributed by atoms with E-state index in [1.54, 1.807) is 33.0 Å². The first-order chi connectivity index (χ1) is 13.3. The third kappa shape index (κ3) is 3.53. The summed E-state index contributed by atoms with van der Waals surface area (Å²) in [7, 11) is 0. The largest absolute Gasteiger partial charge is 0.461 e. The van der Waals surface area contributed by atoms with Gasteiger partial charge in [0.25, 0.3) is 5.56 Å². The summed E-state index contributed by atoms with van der Waals surface area (Å²) in [6.07, 6.45) is 1.64. The number of hydrogen-bond donors (Lipinski definition) is 1. The van der Waals surface area contributed by atoms with Gasteiger partial charge in [0.2, 0.25) is 0 Å². The highest BCUT2D eigenvalue weighted by atomic mass is 16.5. The van der Waals surface area contributed by atoms with E-state index < -0.39 is 11.9 Å². The Morgan fingerprint density at radius 2 is 1.93 bits per heavy atom. The Kier molecular flexibility index (Phi) is 5.30. The van der Waals surface area contributed by atoms with E-state index >= 15 is 0 Å². The highest BCUT2D eigenvalue weighted by molar-refractivity contribution is 5.98. The molecule has 3 heterocycles. The topological polar surface area (TPSA) is 103 Å². The fourth-order valence-corrected chi connectivity index (χ4v) is 3.06. The van der Waals surface area contributed by atoms with Gasteiger partial charge in [-0.05, 0) is 44.9 Å². The van der Waals surface area contributed by atoms with E-state index in [4.69, 9.17) is 9.47 Å². The molecule has 0 unspecified atom stereocenters. The maximum absolute atomic E-state index is 12.6. The van der Waals surface area contributed by atoms with Crippen molar-refractivity contribution in [1.82, 2.24) is 14.4 Å². The van der Waals surface area contributed by atoms with Crippen LogP contribution in [-0.2, 0) is 16.1 Å². The Balaban J connectivity index is 1.83. The summed E-state index contributed by atoms with van der Waals surface area (Å²) < 4.78 is 11.8. The van der Waals surface area contributed by atoms with Gasteiger partial charge in [0.15, 0.2) is 0 Å². The van der Waals surface area contributed by atoms with Crippen LogP contribution in [0.1, 0.15) is 50.3 Å². The minimum Gasteiger partial charge on any atom is -0.461 e. The zero-order chi connectivity index (χ0) is 20.4. The lowest BCUT2D eigenvalue weighted by Gasteiger charge is -2.08. The molecule has 0 fully saturated rings. The molecule has 28 heavy (non-hydrogen) atoms. The van der Waals surface area contributed by atoms with Crippen LogP contribution in [0.2, 0.25) is 0 Å². The molecule has 146 valence electrons. The third-order valence-corrected chi connectivity index (χ3v) is 4.41. The molecule has 8 nitrogen and oxygen atoms in total. The van der Waals surface area contributed by atoms with Crippen molar-refractivity contribution in [3.63, 3.8) is 0 Å². The Morgan fingerprint density at radius 1 is 1.18 bits per heavy atom. The minimum atomic E-state index is -0.603. The van der Waals surface area contributed by atoms with Crippen molar-refractivity contribution in [1.29, 1.82) is 0 Å². The van der Waals surface area contributed by atoms with Gasteiger partial charge in [-0.1, -0.05) is 6.07 Å². The van der Waals surface area contributed by atoms with E-state index in [1.165, 1.54) is 10.5 Å². The molecular weight excluding hydrogens is 362 g/mol. The molecule has 0 aliphatic heterocycles. The molecule has 3 aromatic rings. The number of ether oxygens (including phenoxy) is 2. The van der Waals surface area contributed by atoms with Gasteiger partial charge in [-0.2, -0.15) is 0 Å². The van der Waals surface area contributed by atoms with Gasteiger partial charge < -0.3 is 14.5 Å². The van der Waals surface area contributed by atoms with E-state index in [1.807, 2.05) is 13.0 Å². The fraction of sp³-hybridized carbons (Fsp3) is 0.300. The van der Waals surface area contributed by atoms with Crippen molar-refractivity contribution < 1.29 is 19.1 Å². The SMILES string of the molecule is CCOC(=O)c1[nH]c(C)c(C(=O)OCc2cc(=O)n3cccc(C)c3n2)c1C. The van der Waals surface area contributed by atoms with Crippen LogP contribution in [0.15, 0.2) is 29.2 Å². The average molecular weight is 383 g/mol. The fourth-order valence-electron chi connectivity index (χ4n) is 3.06. The minimum absolute atomic E-state index is 0.155. The van der Waals surface area contributed by atoms with Crippen molar-refractivity contribution in [3.8, 4) is 0 Å². The Morgan fingerprint density at radius 3 is 2.64 bits per heavy atom. The molecule has 0 radical (unpaired) electrons. The number of aryl methyl sites for hydroxylation is 2. The predicted molar refractivity (Wildman–Crippen MR) is 102 cm³/mol. The molecule has 8 heteroatoms. The summed E-state index contributed by atoms with van der Waals surface area (Å²) in [4.78, 5) is 44.1. The molecule has 0 saturated heterocycles. The van der Waals surface area contributed by atoms with Gasteiger partial charge in [-0.25, -0.2) is 14.6 Å².